The fourth-order valence-electron chi connectivity index (χ4n) is 0.986. The number of rotatable bonds is 5. The number of amides is 1. The van der Waals surface area contributed by atoms with E-state index in [-0.39, 0.29) is 22.8 Å². The van der Waals surface area contributed by atoms with E-state index in [0.717, 1.165) is 0 Å². The van der Waals surface area contributed by atoms with Gasteiger partial charge in [-0.3, -0.25) is 4.79 Å². The molecule has 0 saturated carbocycles. The summed E-state index contributed by atoms with van der Waals surface area (Å²) in [6, 6.07) is 0. The molecule has 2 atom stereocenters. The predicted molar refractivity (Wildman–Crippen MR) is 61.5 cm³/mol. The standard InChI is InChI=1S/C10H20BrNO2/c1-7(2)9(11)10(14)12(4)6-5-8(3)13/h7-9,13H,5-6H2,1-4H3. The molecule has 0 aromatic rings. The average Bonchev–Trinajstić information content (AvgIpc) is 2.11. The maximum Gasteiger partial charge on any atom is 0.236 e. The van der Waals surface area contributed by atoms with Gasteiger partial charge in [0, 0.05) is 13.6 Å². The first kappa shape index (κ1) is 13.9. The highest BCUT2D eigenvalue weighted by Gasteiger charge is 2.21. The summed E-state index contributed by atoms with van der Waals surface area (Å²) in [5, 5.41) is 9.08. The number of alkyl halides is 1. The number of aliphatic hydroxyl groups excluding tert-OH is 1. The fourth-order valence-corrected chi connectivity index (χ4v) is 1.34. The highest BCUT2D eigenvalue weighted by molar-refractivity contribution is 9.10. The molecular weight excluding hydrogens is 246 g/mol. The van der Waals surface area contributed by atoms with Crippen LogP contribution in [0.15, 0.2) is 0 Å². The first-order chi connectivity index (χ1) is 6.36. The third-order valence-electron chi connectivity index (χ3n) is 2.08. The number of aliphatic hydroxyl groups is 1. The van der Waals surface area contributed by atoms with E-state index < -0.39 is 0 Å². The molecule has 0 saturated heterocycles. The van der Waals surface area contributed by atoms with Crippen LogP contribution in [0.5, 0.6) is 0 Å². The van der Waals surface area contributed by atoms with Gasteiger partial charge in [-0.15, -0.1) is 0 Å². The Hall–Kier alpha value is -0.0900. The topological polar surface area (TPSA) is 40.5 Å². The van der Waals surface area contributed by atoms with E-state index in [1.54, 1.807) is 18.9 Å². The molecule has 0 bridgehead atoms. The maximum atomic E-state index is 11.7. The van der Waals surface area contributed by atoms with Crippen LogP contribution in [0, 0.1) is 5.92 Å². The molecule has 2 unspecified atom stereocenters. The van der Waals surface area contributed by atoms with Crippen LogP contribution in [-0.2, 0) is 4.79 Å². The number of hydrogen-bond acceptors (Lipinski definition) is 2. The van der Waals surface area contributed by atoms with Gasteiger partial charge >= 0.3 is 0 Å². The largest absolute Gasteiger partial charge is 0.393 e. The summed E-state index contributed by atoms with van der Waals surface area (Å²) in [4.78, 5) is 13.2. The second-order valence-corrected chi connectivity index (χ2v) is 5.03. The van der Waals surface area contributed by atoms with Crippen LogP contribution in [0.4, 0.5) is 0 Å². The minimum atomic E-state index is -0.349. The molecule has 84 valence electrons. The third kappa shape index (κ3) is 4.96. The summed E-state index contributed by atoms with van der Waals surface area (Å²) in [6.07, 6.45) is 0.276. The van der Waals surface area contributed by atoms with Crippen molar-refractivity contribution in [1.82, 2.24) is 4.90 Å². The van der Waals surface area contributed by atoms with Crippen molar-refractivity contribution < 1.29 is 9.90 Å². The molecule has 0 rings (SSSR count). The van der Waals surface area contributed by atoms with Crippen molar-refractivity contribution >= 4 is 21.8 Å². The summed E-state index contributed by atoms with van der Waals surface area (Å²) in [6.45, 7) is 6.33. The monoisotopic (exact) mass is 265 g/mol. The smallest absolute Gasteiger partial charge is 0.236 e. The van der Waals surface area contributed by atoms with Gasteiger partial charge < -0.3 is 10.0 Å². The SMILES string of the molecule is CC(O)CCN(C)C(=O)C(Br)C(C)C. The van der Waals surface area contributed by atoms with Gasteiger partial charge in [-0.25, -0.2) is 0 Å². The Bertz CT molecular complexity index is 183. The number of hydrogen-bond donors (Lipinski definition) is 1. The number of halogens is 1. The van der Waals surface area contributed by atoms with E-state index in [9.17, 15) is 4.79 Å². The Morgan fingerprint density at radius 3 is 2.29 bits per heavy atom. The van der Waals surface area contributed by atoms with Crippen molar-refractivity contribution in [3.05, 3.63) is 0 Å². The zero-order valence-corrected chi connectivity index (χ0v) is 10.9. The average molecular weight is 266 g/mol. The van der Waals surface area contributed by atoms with Crippen molar-refractivity contribution in [2.24, 2.45) is 5.92 Å². The summed E-state index contributed by atoms with van der Waals surface area (Å²) in [5.41, 5.74) is 0. The van der Waals surface area contributed by atoms with Crippen LogP contribution < -0.4 is 0 Å². The van der Waals surface area contributed by atoms with Gasteiger partial charge in [0.15, 0.2) is 0 Å². The molecule has 4 heteroatoms. The van der Waals surface area contributed by atoms with Crippen molar-refractivity contribution in [3.8, 4) is 0 Å². The fraction of sp³-hybridized carbons (Fsp3) is 0.900. The molecule has 0 spiro atoms. The van der Waals surface area contributed by atoms with Crippen LogP contribution >= 0.6 is 15.9 Å². The molecule has 0 aromatic carbocycles. The van der Waals surface area contributed by atoms with Gasteiger partial charge in [0.2, 0.25) is 5.91 Å². The van der Waals surface area contributed by atoms with Crippen molar-refractivity contribution in [2.45, 2.75) is 38.1 Å². The lowest BCUT2D eigenvalue weighted by Crippen LogP contribution is -2.37. The van der Waals surface area contributed by atoms with Crippen LogP contribution in [0.1, 0.15) is 27.2 Å². The normalized spacial score (nSPS) is 15.4. The molecule has 0 aromatic heterocycles. The first-order valence-corrected chi connectivity index (χ1v) is 5.85. The lowest BCUT2D eigenvalue weighted by Gasteiger charge is -2.22. The molecule has 1 N–H and O–H groups in total. The second-order valence-electron chi connectivity index (χ2n) is 4.04. The minimum Gasteiger partial charge on any atom is -0.393 e. The van der Waals surface area contributed by atoms with Crippen LogP contribution in [0.25, 0.3) is 0 Å². The van der Waals surface area contributed by atoms with Crippen molar-refractivity contribution in [3.63, 3.8) is 0 Å². The van der Waals surface area contributed by atoms with Gasteiger partial charge in [0.1, 0.15) is 0 Å². The second kappa shape index (κ2) is 6.40. The van der Waals surface area contributed by atoms with Crippen molar-refractivity contribution in [2.75, 3.05) is 13.6 Å². The van der Waals surface area contributed by atoms with Gasteiger partial charge in [0.05, 0.1) is 10.9 Å². The zero-order chi connectivity index (χ0) is 11.3. The highest BCUT2D eigenvalue weighted by atomic mass is 79.9. The Morgan fingerprint density at radius 2 is 1.93 bits per heavy atom. The summed E-state index contributed by atoms with van der Waals surface area (Å²) in [7, 11) is 1.77. The number of carbonyl (C=O) groups is 1. The number of nitrogens with zero attached hydrogens (tertiary/aromatic N) is 1. The summed E-state index contributed by atoms with van der Waals surface area (Å²) >= 11 is 3.36. The summed E-state index contributed by atoms with van der Waals surface area (Å²) < 4.78 is 0. The van der Waals surface area contributed by atoms with E-state index >= 15 is 0 Å². The Morgan fingerprint density at radius 1 is 1.43 bits per heavy atom. The van der Waals surface area contributed by atoms with Gasteiger partial charge in [-0.05, 0) is 19.3 Å². The lowest BCUT2D eigenvalue weighted by molar-refractivity contribution is -0.130. The Labute approximate surface area is 94.6 Å². The number of carbonyl (C=O) groups excluding carboxylic acids is 1. The summed E-state index contributed by atoms with van der Waals surface area (Å²) in [5.74, 6) is 0.372. The molecule has 1 amide bonds. The molecular formula is C10H20BrNO2. The molecule has 3 nitrogen and oxygen atoms in total. The van der Waals surface area contributed by atoms with Crippen molar-refractivity contribution in [1.29, 1.82) is 0 Å². The van der Waals surface area contributed by atoms with E-state index in [1.807, 2.05) is 13.8 Å². The molecule has 0 aliphatic carbocycles. The molecule has 0 radical (unpaired) electrons. The van der Waals surface area contributed by atoms with Gasteiger partial charge in [-0.2, -0.15) is 0 Å². The van der Waals surface area contributed by atoms with Crippen LogP contribution in [0.3, 0.4) is 0 Å². The molecule has 0 heterocycles. The third-order valence-corrected chi connectivity index (χ3v) is 3.53. The van der Waals surface area contributed by atoms with Gasteiger partial charge in [-0.1, -0.05) is 29.8 Å². The minimum absolute atomic E-state index is 0.0839. The van der Waals surface area contributed by atoms with Crippen LogP contribution in [0.2, 0.25) is 0 Å². The molecule has 0 fully saturated rings. The van der Waals surface area contributed by atoms with E-state index in [4.69, 9.17) is 5.11 Å². The lowest BCUT2D eigenvalue weighted by atomic mass is 10.1. The Kier molecular flexibility index (Phi) is 6.36. The zero-order valence-electron chi connectivity index (χ0n) is 9.33. The molecule has 14 heavy (non-hydrogen) atoms. The predicted octanol–water partition coefficient (Wildman–Crippen LogP) is 1.64. The van der Waals surface area contributed by atoms with Crippen LogP contribution in [-0.4, -0.2) is 40.4 Å². The molecule has 0 aliphatic heterocycles. The highest BCUT2D eigenvalue weighted by Crippen LogP contribution is 2.14. The Balaban J connectivity index is 3.99. The maximum absolute atomic E-state index is 11.7. The van der Waals surface area contributed by atoms with E-state index in [2.05, 4.69) is 15.9 Å². The quantitative estimate of drug-likeness (QED) is 0.768. The van der Waals surface area contributed by atoms with Gasteiger partial charge in [0.25, 0.3) is 0 Å². The van der Waals surface area contributed by atoms with E-state index in [1.165, 1.54) is 0 Å². The molecule has 0 aliphatic rings. The van der Waals surface area contributed by atoms with E-state index in [0.29, 0.717) is 13.0 Å². The first-order valence-electron chi connectivity index (χ1n) is 4.93.